The van der Waals surface area contributed by atoms with Gasteiger partial charge in [0.1, 0.15) is 0 Å². The predicted octanol–water partition coefficient (Wildman–Crippen LogP) is 4.82. The van der Waals surface area contributed by atoms with Gasteiger partial charge in [-0.1, -0.05) is 48.0 Å². The largest absolute Gasteiger partial charge is 0.310 e. The summed E-state index contributed by atoms with van der Waals surface area (Å²) in [4.78, 5) is 0. The molecule has 1 nitrogen and oxygen atoms in total. The van der Waals surface area contributed by atoms with Crippen LogP contribution in [0.1, 0.15) is 18.1 Å². The molecule has 1 atom stereocenters. The van der Waals surface area contributed by atoms with E-state index in [0.717, 1.165) is 22.5 Å². The lowest BCUT2D eigenvalue weighted by Gasteiger charge is -2.14. The molecule has 0 bridgehead atoms. The van der Waals surface area contributed by atoms with Crippen molar-refractivity contribution in [2.75, 3.05) is 0 Å². The molecule has 1 N–H and O–H groups in total. The monoisotopic (exact) mass is 337 g/mol. The lowest BCUT2D eigenvalue weighted by Crippen LogP contribution is -2.27. The van der Waals surface area contributed by atoms with Crippen molar-refractivity contribution in [3.8, 4) is 0 Å². The van der Waals surface area contributed by atoms with Gasteiger partial charge in [0.05, 0.1) is 5.02 Å². The minimum Gasteiger partial charge on any atom is -0.310 e. The lowest BCUT2D eigenvalue weighted by atomic mass is 10.1. The van der Waals surface area contributed by atoms with Gasteiger partial charge in [-0.25, -0.2) is 0 Å². The van der Waals surface area contributed by atoms with Gasteiger partial charge in [-0.3, -0.25) is 0 Å². The van der Waals surface area contributed by atoms with E-state index in [4.69, 9.17) is 11.6 Å². The van der Waals surface area contributed by atoms with Crippen LogP contribution in [0, 0.1) is 0 Å². The van der Waals surface area contributed by atoms with E-state index in [1.54, 1.807) is 0 Å². The second-order valence-electron chi connectivity index (χ2n) is 4.72. The van der Waals surface area contributed by atoms with E-state index in [0.29, 0.717) is 6.04 Å². The number of hydrogen-bond acceptors (Lipinski definition) is 1. The van der Waals surface area contributed by atoms with Crippen molar-refractivity contribution in [1.29, 1.82) is 0 Å². The Morgan fingerprint density at radius 3 is 2.53 bits per heavy atom. The molecule has 0 aliphatic carbocycles. The molecule has 0 fully saturated rings. The second kappa shape index (κ2) is 7.09. The molecule has 2 aromatic carbocycles. The molecule has 1 unspecified atom stereocenters. The van der Waals surface area contributed by atoms with E-state index in [2.05, 4.69) is 58.5 Å². The fourth-order valence-corrected chi connectivity index (χ4v) is 2.43. The standard InChI is InChI=1S/C16H17BrClN/c1-12(9-13-5-3-2-4-6-13)19-11-14-7-8-15(17)16(18)10-14/h2-8,10,12,19H,9,11H2,1H3. The molecule has 2 rings (SSSR count). The Bertz CT molecular complexity index is 528. The van der Waals surface area contributed by atoms with Crippen molar-refractivity contribution >= 4 is 27.5 Å². The molecular weight excluding hydrogens is 322 g/mol. The molecule has 0 aliphatic heterocycles. The Labute approximate surface area is 128 Å². The van der Waals surface area contributed by atoms with Crippen molar-refractivity contribution in [1.82, 2.24) is 5.32 Å². The maximum absolute atomic E-state index is 6.08. The first kappa shape index (κ1) is 14.6. The van der Waals surface area contributed by atoms with Gasteiger partial charge in [0.2, 0.25) is 0 Å². The van der Waals surface area contributed by atoms with Crippen LogP contribution in [0.25, 0.3) is 0 Å². The molecule has 2 aromatic rings. The fraction of sp³-hybridized carbons (Fsp3) is 0.250. The van der Waals surface area contributed by atoms with E-state index in [9.17, 15) is 0 Å². The Kier molecular flexibility index (Phi) is 5.44. The zero-order valence-corrected chi connectivity index (χ0v) is 13.2. The molecule has 0 amide bonds. The molecule has 3 heteroatoms. The quantitative estimate of drug-likeness (QED) is 0.824. The van der Waals surface area contributed by atoms with Crippen LogP contribution in [0.4, 0.5) is 0 Å². The minimum absolute atomic E-state index is 0.435. The van der Waals surface area contributed by atoms with Crippen molar-refractivity contribution in [2.45, 2.75) is 25.9 Å². The number of rotatable bonds is 5. The van der Waals surface area contributed by atoms with Crippen LogP contribution >= 0.6 is 27.5 Å². The van der Waals surface area contributed by atoms with E-state index < -0.39 is 0 Å². The van der Waals surface area contributed by atoms with Gasteiger partial charge < -0.3 is 5.32 Å². The van der Waals surface area contributed by atoms with Crippen molar-refractivity contribution < 1.29 is 0 Å². The van der Waals surface area contributed by atoms with Gasteiger partial charge in [-0.15, -0.1) is 0 Å². The smallest absolute Gasteiger partial charge is 0.0551 e. The minimum atomic E-state index is 0.435. The van der Waals surface area contributed by atoms with E-state index in [1.165, 1.54) is 11.1 Å². The maximum Gasteiger partial charge on any atom is 0.0551 e. The van der Waals surface area contributed by atoms with Gasteiger partial charge in [-0.05, 0) is 52.5 Å². The van der Waals surface area contributed by atoms with Gasteiger partial charge in [-0.2, -0.15) is 0 Å². The normalized spacial score (nSPS) is 12.4. The van der Waals surface area contributed by atoms with Gasteiger partial charge in [0, 0.05) is 17.1 Å². The number of benzene rings is 2. The summed E-state index contributed by atoms with van der Waals surface area (Å²) in [5.41, 5.74) is 2.56. The third kappa shape index (κ3) is 4.64. The van der Waals surface area contributed by atoms with Gasteiger partial charge in [0.15, 0.2) is 0 Å². The highest BCUT2D eigenvalue weighted by Crippen LogP contribution is 2.23. The van der Waals surface area contributed by atoms with Gasteiger partial charge >= 0.3 is 0 Å². The second-order valence-corrected chi connectivity index (χ2v) is 5.98. The Morgan fingerprint density at radius 2 is 1.84 bits per heavy atom. The van der Waals surface area contributed by atoms with Crippen LogP contribution in [-0.2, 0) is 13.0 Å². The van der Waals surface area contributed by atoms with Crippen molar-refractivity contribution in [2.24, 2.45) is 0 Å². The molecule has 0 aromatic heterocycles. The fourth-order valence-electron chi connectivity index (χ4n) is 1.98. The average Bonchev–Trinajstić information content (AvgIpc) is 2.41. The molecule has 0 aliphatic rings. The molecule has 0 saturated carbocycles. The van der Waals surface area contributed by atoms with Gasteiger partial charge in [0.25, 0.3) is 0 Å². The summed E-state index contributed by atoms with van der Waals surface area (Å²) in [7, 11) is 0. The van der Waals surface area contributed by atoms with Crippen LogP contribution in [0.15, 0.2) is 53.0 Å². The highest BCUT2D eigenvalue weighted by molar-refractivity contribution is 9.10. The highest BCUT2D eigenvalue weighted by atomic mass is 79.9. The Hall–Kier alpha value is -0.830. The van der Waals surface area contributed by atoms with Crippen molar-refractivity contribution in [3.05, 3.63) is 69.2 Å². The molecule has 0 radical (unpaired) electrons. The van der Waals surface area contributed by atoms with Crippen LogP contribution < -0.4 is 5.32 Å². The summed E-state index contributed by atoms with van der Waals surface area (Å²) >= 11 is 9.49. The number of nitrogens with one attached hydrogen (secondary N) is 1. The van der Waals surface area contributed by atoms with Crippen LogP contribution in [-0.4, -0.2) is 6.04 Å². The predicted molar refractivity (Wildman–Crippen MR) is 85.6 cm³/mol. The zero-order valence-electron chi connectivity index (χ0n) is 10.9. The third-order valence-corrected chi connectivity index (χ3v) is 4.26. The number of hydrogen-bond donors (Lipinski definition) is 1. The van der Waals surface area contributed by atoms with E-state index >= 15 is 0 Å². The first-order valence-corrected chi connectivity index (χ1v) is 7.53. The molecule has 0 heterocycles. The topological polar surface area (TPSA) is 12.0 Å². The van der Waals surface area contributed by atoms with E-state index in [-0.39, 0.29) is 0 Å². The van der Waals surface area contributed by atoms with Crippen LogP contribution in [0.2, 0.25) is 5.02 Å². The SMILES string of the molecule is CC(Cc1ccccc1)NCc1ccc(Br)c(Cl)c1. The number of halogens is 2. The summed E-state index contributed by atoms with van der Waals surface area (Å²) in [6.45, 7) is 3.04. The summed E-state index contributed by atoms with van der Waals surface area (Å²) in [5, 5.41) is 4.28. The Balaban J connectivity index is 1.86. The molecular formula is C16H17BrClN. The zero-order chi connectivity index (χ0) is 13.7. The first-order chi connectivity index (χ1) is 9.15. The lowest BCUT2D eigenvalue weighted by molar-refractivity contribution is 0.545. The Morgan fingerprint density at radius 1 is 1.11 bits per heavy atom. The highest BCUT2D eigenvalue weighted by Gasteiger charge is 2.04. The summed E-state index contributed by atoms with van der Waals surface area (Å²) in [6.07, 6.45) is 1.03. The van der Waals surface area contributed by atoms with Crippen LogP contribution in [0.3, 0.4) is 0 Å². The molecule has 0 spiro atoms. The third-order valence-electron chi connectivity index (χ3n) is 3.02. The first-order valence-electron chi connectivity index (χ1n) is 6.36. The summed E-state index contributed by atoms with van der Waals surface area (Å²) < 4.78 is 0.940. The molecule has 0 saturated heterocycles. The van der Waals surface area contributed by atoms with Crippen molar-refractivity contribution in [3.63, 3.8) is 0 Å². The summed E-state index contributed by atoms with van der Waals surface area (Å²) in [5.74, 6) is 0. The van der Waals surface area contributed by atoms with E-state index in [1.807, 2.05) is 18.2 Å². The average molecular weight is 339 g/mol. The summed E-state index contributed by atoms with van der Waals surface area (Å²) in [6, 6.07) is 17.0. The maximum atomic E-state index is 6.08. The molecule has 100 valence electrons. The van der Waals surface area contributed by atoms with Crippen LogP contribution in [0.5, 0.6) is 0 Å². The molecule has 19 heavy (non-hydrogen) atoms.